The van der Waals surface area contributed by atoms with Crippen molar-refractivity contribution < 1.29 is 0 Å². The molecule has 3 nitrogen and oxygen atoms in total. The van der Waals surface area contributed by atoms with Gasteiger partial charge in [-0.1, -0.05) is 65.0 Å². The first-order chi connectivity index (χ1) is 11.4. The molecule has 2 aromatic carbocycles. The largest absolute Gasteiger partial charge is 0.317 e. The highest BCUT2D eigenvalue weighted by Gasteiger charge is 2.38. The maximum Gasteiger partial charge on any atom is 0.120 e. The predicted octanol–water partition coefficient (Wildman–Crippen LogP) is 2.24. The van der Waals surface area contributed by atoms with Gasteiger partial charge in [0.05, 0.1) is 6.20 Å². The molecule has 3 aromatic rings. The van der Waals surface area contributed by atoms with Gasteiger partial charge in [-0.05, 0) is 30.7 Å². The van der Waals surface area contributed by atoms with Crippen LogP contribution >= 0.6 is 0 Å². The number of hydrogen-bond acceptors (Lipinski definition) is 2. The first kappa shape index (κ1) is 14.4. The van der Waals surface area contributed by atoms with E-state index in [1.165, 1.54) is 17.7 Å². The van der Waals surface area contributed by atoms with E-state index in [1.54, 1.807) is 10.4 Å². The highest BCUT2D eigenvalue weighted by atomic mass is 28.3. The summed E-state index contributed by atoms with van der Waals surface area (Å²) in [6.45, 7) is 2.26. The van der Waals surface area contributed by atoms with Crippen LogP contribution in [0.15, 0.2) is 67.0 Å². The Morgan fingerprint density at radius 3 is 2.13 bits per heavy atom. The molecule has 0 unspecified atom stereocenters. The summed E-state index contributed by atoms with van der Waals surface area (Å²) in [6.07, 6.45) is 3.83. The number of benzene rings is 2. The van der Waals surface area contributed by atoms with E-state index in [1.807, 2.05) is 12.4 Å². The molecular formula is C19H21N3Si. The van der Waals surface area contributed by atoms with Gasteiger partial charge in [-0.2, -0.15) is 5.10 Å². The van der Waals surface area contributed by atoms with Crippen LogP contribution in [0.1, 0.15) is 0 Å². The van der Waals surface area contributed by atoms with Crippen LogP contribution in [0.25, 0.3) is 11.1 Å². The van der Waals surface area contributed by atoms with Crippen molar-refractivity contribution >= 4 is 18.4 Å². The van der Waals surface area contributed by atoms with Crippen LogP contribution in [0.3, 0.4) is 0 Å². The molecule has 0 bridgehead atoms. The Hall–Kier alpha value is -2.17. The third kappa shape index (κ3) is 2.64. The van der Waals surface area contributed by atoms with Crippen LogP contribution in [0.5, 0.6) is 0 Å². The Bertz CT molecular complexity index is 745. The Labute approximate surface area is 137 Å². The Kier molecular flexibility index (Phi) is 3.85. The zero-order valence-corrected chi connectivity index (χ0v) is 14.1. The minimum absolute atomic E-state index is 1.13. The lowest BCUT2D eigenvalue weighted by Gasteiger charge is -2.37. The number of nitrogens with one attached hydrogen (secondary N) is 2. The Morgan fingerprint density at radius 1 is 0.783 bits per heavy atom. The number of H-pyrrole nitrogens is 1. The van der Waals surface area contributed by atoms with E-state index >= 15 is 0 Å². The second-order valence-corrected chi connectivity index (χ2v) is 10.6. The van der Waals surface area contributed by atoms with Gasteiger partial charge in [0.2, 0.25) is 0 Å². The molecule has 1 saturated heterocycles. The van der Waals surface area contributed by atoms with Crippen LogP contribution in [0, 0.1) is 0 Å². The molecule has 116 valence electrons. The highest BCUT2D eigenvalue weighted by molar-refractivity contribution is 7.02. The van der Waals surface area contributed by atoms with Gasteiger partial charge in [0, 0.05) is 11.8 Å². The Morgan fingerprint density at radius 2 is 1.48 bits per heavy atom. The van der Waals surface area contributed by atoms with E-state index in [9.17, 15) is 0 Å². The van der Waals surface area contributed by atoms with Crippen LogP contribution in [-0.2, 0) is 0 Å². The van der Waals surface area contributed by atoms with E-state index in [2.05, 4.69) is 70.1 Å². The summed E-state index contributed by atoms with van der Waals surface area (Å²) in [7, 11) is -1.63. The summed E-state index contributed by atoms with van der Waals surface area (Å²) >= 11 is 0. The van der Waals surface area contributed by atoms with Crippen molar-refractivity contribution in [2.45, 2.75) is 12.1 Å². The fourth-order valence-electron chi connectivity index (χ4n) is 3.75. The van der Waals surface area contributed by atoms with Crippen molar-refractivity contribution in [3.8, 4) is 11.1 Å². The molecular weight excluding hydrogens is 298 g/mol. The van der Waals surface area contributed by atoms with Gasteiger partial charge in [0.1, 0.15) is 8.07 Å². The summed E-state index contributed by atoms with van der Waals surface area (Å²) in [5.41, 5.74) is 2.38. The second kappa shape index (κ2) is 6.14. The van der Waals surface area contributed by atoms with Crippen LogP contribution in [0.4, 0.5) is 0 Å². The van der Waals surface area contributed by atoms with Gasteiger partial charge in [0.15, 0.2) is 0 Å². The van der Waals surface area contributed by atoms with Crippen molar-refractivity contribution in [3.05, 3.63) is 67.0 Å². The lowest BCUT2D eigenvalue weighted by molar-refractivity contribution is 0.718. The fraction of sp³-hybridized carbons (Fsp3) is 0.211. The number of aromatic amines is 1. The molecule has 1 aromatic heterocycles. The van der Waals surface area contributed by atoms with Gasteiger partial charge < -0.3 is 5.32 Å². The van der Waals surface area contributed by atoms with Crippen molar-refractivity contribution in [3.63, 3.8) is 0 Å². The van der Waals surface area contributed by atoms with Crippen LogP contribution in [-0.4, -0.2) is 31.4 Å². The van der Waals surface area contributed by atoms with E-state index < -0.39 is 8.07 Å². The zero-order chi connectivity index (χ0) is 15.5. The molecule has 0 atom stereocenters. The summed E-state index contributed by atoms with van der Waals surface area (Å²) in [5.74, 6) is 0. The van der Waals surface area contributed by atoms with E-state index in [4.69, 9.17) is 0 Å². The summed E-state index contributed by atoms with van der Waals surface area (Å²) in [4.78, 5) is 0. The maximum absolute atomic E-state index is 4.05. The smallest absolute Gasteiger partial charge is 0.120 e. The first-order valence-corrected chi connectivity index (χ1v) is 10.7. The summed E-state index contributed by atoms with van der Waals surface area (Å²) in [5, 5.41) is 13.6. The standard InChI is InChI=1S/C19H21N3Si/c1-2-4-18(5-3-1)23(12-10-20-11-13-23)19-8-6-16(7-9-19)17-14-21-22-15-17/h1-9,14-15,20H,10-13H2,(H,21,22). The Balaban J connectivity index is 1.75. The summed E-state index contributed by atoms with van der Waals surface area (Å²) < 4.78 is 0. The van der Waals surface area contributed by atoms with Crippen molar-refractivity contribution in [2.75, 3.05) is 13.1 Å². The minimum Gasteiger partial charge on any atom is -0.317 e. The molecule has 2 heterocycles. The second-order valence-electron chi connectivity index (χ2n) is 6.26. The molecule has 0 aliphatic carbocycles. The van der Waals surface area contributed by atoms with Crippen LogP contribution < -0.4 is 15.7 Å². The highest BCUT2D eigenvalue weighted by Crippen LogP contribution is 2.21. The van der Waals surface area contributed by atoms with Crippen molar-refractivity contribution in [2.24, 2.45) is 0 Å². The number of nitrogens with zero attached hydrogens (tertiary/aromatic N) is 1. The average molecular weight is 319 g/mol. The fourth-order valence-corrected chi connectivity index (χ4v) is 8.33. The van der Waals surface area contributed by atoms with Crippen molar-refractivity contribution in [1.29, 1.82) is 0 Å². The van der Waals surface area contributed by atoms with Gasteiger partial charge in [-0.3, -0.25) is 5.10 Å². The van der Waals surface area contributed by atoms with Gasteiger partial charge in [-0.25, -0.2) is 0 Å². The van der Waals surface area contributed by atoms with E-state index in [0.29, 0.717) is 0 Å². The lowest BCUT2D eigenvalue weighted by atomic mass is 10.1. The zero-order valence-electron chi connectivity index (χ0n) is 13.1. The lowest BCUT2D eigenvalue weighted by Crippen LogP contribution is -2.62. The maximum atomic E-state index is 4.05. The molecule has 23 heavy (non-hydrogen) atoms. The topological polar surface area (TPSA) is 40.7 Å². The van der Waals surface area contributed by atoms with Crippen molar-refractivity contribution in [1.82, 2.24) is 15.5 Å². The first-order valence-electron chi connectivity index (χ1n) is 8.24. The predicted molar refractivity (Wildman–Crippen MR) is 98.0 cm³/mol. The van der Waals surface area contributed by atoms with Gasteiger partial charge in [-0.15, -0.1) is 0 Å². The monoisotopic (exact) mass is 319 g/mol. The molecule has 2 N–H and O–H groups in total. The normalized spacial score (nSPS) is 17.0. The average Bonchev–Trinajstić information content (AvgIpc) is 3.18. The number of rotatable bonds is 3. The van der Waals surface area contributed by atoms with Crippen LogP contribution in [0.2, 0.25) is 12.1 Å². The number of aromatic nitrogens is 2. The molecule has 4 rings (SSSR count). The summed E-state index contributed by atoms with van der Waals surface area (Å²) in [6, 6.07) is 22.9. The quantitative estimate of drug-likeness (QED) is 0.727. The minimum atomic E-state index is -1.63. The van der Waals surface area contributed by atoms with E-state index in [0.717, 1.165) is 18.7 Å². The number of hydrogen-bond donors (Lipinski definition) is 2. The molecule has 4 heteroatoms. The van der Waals surface area contributed by atoms with Gasteiger partial charge >= 0.3 is 0 Å². The molecule has 0 spiro atoms. The third-order valence-electron chi connectivity index (χ3n) is 5.05. The van der Waals surface area contributed by atoms with Gasteiger partial charge in [0.25, 0.3) is 0 Å². The molecule has 0 radical (unpaired) electrons. The molecule has 1 fully saturated rings. The molecule has 0 amide bonds. The van der Waals surface area contributed by atoms with E-state index in [-0.39, 0.29) is 0 Å². The SMILES string of the molecule is c1ccc([Si]2(c3ccc(-c4cn[nH]c4)cc3)CCNCC2)cc1. The molecule has 1 aliphatic rings. The third-order valence-corrected chi connectivity index (χ3v) is 10.1. The molecule has 1 aliphatic heterocycles. The molecule has 0 saturated carbocycles.